The molecule has 2 atom stereocenters. The van der Waals surface area contributed by atoms with E-state index in [0.29, 0.717) is 0 Å². The number of phenolic OH excluding ortho intramolecular Hbond substituents is 1. The minimum absolute atomic E-state index is 0.0242. The van der Waals surface area contributed by atoms with Crippen LogP contribution in [0.15, 0.2) is 18.2 Å². The first kappa shape index (κ1) is 15.0. The van der Waals surface area contributed by atoms with Crippen LogP contribution in [0, 0.1) is 16.0 Å². The summed E-state index contributed by atoms with van der Waals surface area (Å²) in [7, 11) is 0. The second-order valence-corrected chi connectivity index (χ2v) is 5.28. The summed E-state index contributed by atoms with van der Waals surface area (Å²) in [6.07, 6.45) is 0.206. The predicted molar refractivity (Wildman–Crippen MR) is 73.6 cm³/mol. The minimum atomic E-state index is -0.590. The molecule has 1 aromatic carbocycles. The minimum Gasteiger partial charge on any atom is -0.508 e. The highest BCUT2D eigenvalue weighted by atomic mass is 16.6. The van der Waals surface area contributed by atoms with E-state index in [9.17, 15) is 24.8 Å². The summed E-state index contributed by atoms with van der Waals surface area (Å²) < 4.78 is 0. The number of Topliss-reactive ketones (excluding diaryl/α,β-unsaturated/α-hetero) is 1. The first-order valence-electron chi connectivity index (χ1n) is 6.60. The molecule has 112 valence electrons. The highest BCUT2D eigenvalue weighted by Gasteiger charge is 2.36. The second kappa shape index (κ2) is 5.51. The van der Waals surface area contributed by atoms with E-state index in [0.717, 1.165) is 0 Å². The summed E-state index contributed by atoms with van der Waals surface area (Å²) in [6.45, 7) is 3.27. The lowest BCUT2D eigenvalue weighted by molar-refractivity contribution is -0.385. The molecule has 7 heteroatoms. The van der Waals surface area contributed by atoms with Crippen LogP contribution in [-0.4, -0.2) is 32.7 Å². The van der Waals surface area contributed by atoms with Gasteiger partial charge in [0, 0.05) is 30.0 Å². The normalized spacial score (nSPS) is 22.5. The molecule has 0 unspecified atom stereocenters. The molecular formula is C14H16N2O5. The van der Waals surface area contributed by atoms with Crippen LogP contribution in [-0.2, 0) is 16.1 Å². The van der Waals surface area contributed by atoms with Gasteiger partial charge in [0.2, 0.25) is 5.91 Å². The number of piperidine rings is 1. The van der Waals surface area contributed by atoms with Gasteiger partial charge in [0.05, 0.1) is 17.5 Å². The third kappa shape index (κ3) is 2.86. The maximum Gasteiger partial charge on any atom is 0.270 e. The summed E-state index contributed by atoms with van der Waals surface area (Å²) in [6, 6.07) is 3.04. The number of ketones is 1. The SMILES string of the molecule is C[C@@H]1CC(=O)[C@H](C)N(Cc2cc([N+](=O)[O-])ccc2O)C1=O. The largest absolute Gasteiger partial charge is 0.508 e. The molecule has 0 aliphatic carbocycles. The van der Waals surface area contributed by atoms with Crippen LogP contribution >= 0.6 is 0 Å². The van der Waals surface area contributed by atoms with E-state index in [4.69, 9.17) is 0 Å². The topological polar surface area (TPSA) is 101 Å². The number of likely N-dealkylation sites (tertiary alicyclic amines) is 1. The lowest BCUT2D eigenvalue weighted by Gasteiger charge is -2.35. The summed E-state index contributed by atoms with van der Waals surface area (Å²) in [5, 5.41) is 20.6. The Balaban J connectivity index is 2.31. The number of nitro benzene ring substituents is 1. The Hall–Kier alpha value is -2.44. The number of hydrogen-bond acceptors (Lipinski definition) is 5. The van der Waals surface area contributed by atoms with Crippen molar-refractivity contribution in [2.45, 2.75) is 32.9 Å². The molecule has 0 radical (unpaired) electrons. The molecule has 1 saturated heterocycles. The maximum absolute atomic E-state index is 12.2. The van der Waals surface area contributed by atoms with Gasteiger partial charge in [-0.05, 0) is 13.0 Å². The van der Waals surface area contributed by atoms with Gasteiger partial charge >= 0.3 is 0 Å². The maximum atomic E-state index is 12.2. The fourth-order valence-corrected chi connectivity index (χ4v) is 2.42. The Morgan fingerprint density at radius 1 is 1.38 bits per heavy atom. The first-order valence-corrected chi connectivity index (χ1v) is 6.60. The molecule has 1 aromatic rings. The van der Waals surface area contributed by atoms with Gasteiger partial charge in [0.1, 0.15) is 5.75 Å². The van der Waals surface area contributed by atoms with E-state index < -0.39 is 16.9 Å². The zero-order valence-corrected chi connectivity index (χ0v) is 11.8. The molecule has 0 spiro atoms. The van der Waals surface area contributed by atoms with Crippen molar-refractivity contribution < 1.29 is 19.6 Å². The third-order valence-electron chi connectivity index (χ3n) is 3.76. The number of non-ortho nitro benzene ring substituents is 1. The van der Waals surface area contributed by atoms with Crippen LogP contribution in [0.2, 0.25) is 0 Å². The number of rotatable bonds is 3. The molecule has 1 N–H and O–H groups in total. The standard InChI is InChI=1S/C14H16N2O5/c1-8-5-13(18)9(2)15(14(8)19)7-10-6-11(16(20)21)3-4-12(10)17/h3-4,6,8-9,17H,5,7H2,1-2H3/t8-,9+/m1/s1. The Morgan fingerprint density at radius 2 is 2.05 bits per heavy atom. The van der Waals surface area contributed by atoms with Crippen LogP contribution in [0.25, 0.3) is 0 Å². The quantitative estimate of drug-likeness (QED) is 0.674. The number of nitrogens with zero attached hydrogens (tertiary/aromatic N) is 2. The zero-order valence-electron chi connectivity index (χ0n) is 11.8. The molecule has 0 saturated carbocycles. The molecular weight excluding hydrogens is 276 g/mol. The van der Waals surface area contributed by atoms with Crippen LogP contribution in [0.5, 0.6) is 5.75 Å². The molecule has 21 heavy (non-hydrogen) atoms. The van der Waals surface area contributed by atoms with Gasteiger partial charge in [-0.15, -0.1) is 0 Å². The van der Waals surface area contributed by atoms with E-state index in [1.54, 1.807) is 13.8 Å². The molecule has 1 aliphatic rings. The van der Waals surface area contributed by atoms with E-state index in [1.165, 1.54) is 23.1 Å². The number of carbonyl (C=O) groups is 2. The number of benzene rings is 1. The lowest BCUT2D eigenvalue weighted by atomic mass is 9.92. The molecule has 7 nitrogen and oxygen atoms in total. The first-order chi connectivity index (χ1) is 9.81. The summed E-state index contributed by atoms with van der Waals surface area (Å²) in [5.41, 5.74) is 0.0885. The molecule has 2 rings (SSSR count). The van der Waals surface area contributed by atoms with Crippen molar-refractivity contribution in [1.29, 1.82) is 0 Å². The Morgan fingerprint density at radius 3 is 2.67 bits per heavy atom. The van der Waals surface area contributed by atoms with E-state index in [2.05, 4.69) is 0 Å². The van der Waals surface area contributed by atoms with Crippen LogP contribution in [0.3, 0.4) is 0 Å². The Labute approximate surface area is 121 Å². The lowest BCUT2D eigenvalue weighted by Crippen LogP contribution is -2.50. The number of nitro groups is 1. The Bertz CT molecular complexity index is 613. The highest BCUT2D eigenvalue weighted by molar-refractivity contribution is 5.96. The number of phenols is 1. The third-order valence-corrected chi connectivity index (χ3v) is 3.76. The fraction of sp³-hybridized carbons (Fsp3) is 0.429. The van der Waals surface area contributed by atoms with Crippen molar-refractivity contribution >= 4 is 17.4 Å². The Kier molecular flexibility index (Phi) is 3.93. The van der Waals surface area contributed by atoms with Crippen molar-refractivity contribution in [1.82, 2.24) is 4.90 Å². The molecule has 1 heterocycles. The fourth-order valence-electron chi connectivity index (χ4n) is 2.42. The second-order valence-electron chi connectivity index (χ2n) is 5.28. The highest BCUT2D eigenvalue weighted by Crippen LogP contribution is 2.28. The van der Waals surface area contributed by atoms with Gasteiger partial charge in [-0.3, -0.25) is 19.7 Å². The van der Waals surface area contributed by atoms with Gasteiger partial charge in [0.15, 0.2) is 5.78 Å². The average Bonchev–Trinajstić information content (AvgIpc) is 2.43. The van der Waals surface area contributed by atoms with E-state index in [-0.39, 0.29) is 41.7 Å². The van der Waals surface area contributed by atoms with Crippen molar-refractivity contribution in [3.05, 3.63) is 33.9 Å². The van der Waals surface area contributed by atoms with Crippen molar-refractivity contribution in [2.24, 2.45) is 5.92 Å². The average molecular weight is 292 g/mol. The van der Waals surface area contributed by atoms with Crippen molar-refractivity contribution in [3.8, 4) is 5.75 Å². The summed E-state index contributed by atoms with van der Waals surface area (Å²) in [4.78, 5) is 35.6. The molecule has 0 bridgehead atoms. The predicted octanol–water partition coefficient (Wildman–Crippen LogP) is 1.63. The van der Waals surface area contributed by atoms with Crippen LogP contribution < -0.4 is 0 Å². The molecule has 1 amide bonds. The molecule has 1 fully saturated rings. The molecule has 0 aromatic heterocycles. The van der Waals surface area contributed by atoms with Crippen LogP contribution in [0.4, 0.5) is 5.69 Å². The van der Waals surface area contributed by atoms with Gasteiger partial charge in [0.25, 0.3) is 5.69 Å². The number of amides is 1. The number of hydrogen-bond donors (Lipinski definition) is 1. The summed E-state index contributed by atoms with van der Waals surface area (Å²) >= 11 is 0. The number of carbonyl (C=O) groups excluding carboxylic acids is 2. The van der Waals surface area contributed by atoms with Gasteiger partial charge in [-0.1, -0.05) is 6.92 Å². The van der Waals surface area contributed by atoms with E-state index >= 15 is 0 Å². The van der Waals surface area contributed by atoms with E-state index in [1.807, 2.05) is 0 Å². The monoisotopic (exact) mass is 292 g/mol. The molecule has 1 aliphatic heterocycles. The number of aromatic hydroxyl groups is 1. The van der Waals surface area contributed by atoms with Crippen molar-refractivity contribution in [2.75, 3.05) is 0 Å². The summed E-state index contributed by atoms with van der Waals surface area (Å²) in [5.74, 6) is -0.777. The van der Waals surface area contributed by atoms with Crippen LogP contribution in [0.1, 0.15) is 25.8 Å². The van der Waals surface area contributed by atoms with Gasteiger partial charge in [-0.2, -0.15) is 0 Å². The van der Waals surface area contributed by atoms with Crippen molar-refractivity contribution in [3.63, 3.8) is 0 Å². The zero-order chi connectivity index (χ0) is 15.7. The van der Waals surface area contributed by atoms with Gasteiger partial charge in [-0.25, -0.2) is 0 Å². The van der Waals surface area contributed by atoms with Gasteiger partial charge < -0.3 is 10.0 Å². The smallest absolute Gasteiger partial charge is 0.270 e.